The fourth-order valence-electron chi connectivity index (χ4n) is 2.33. The van der Waals surface area contributed by atoms with Gasteiger partial charge in [-0.05, 0) is 62.9 Å². The van der Waals surface area contributed by atoms with E-state index < -0.39 is 10.0 Å². The zero-order valence-electron chi connectivity index (χ0n) is 16.3. The van der Waals surface area contributed by atoms with E-state index in [1.807, 2.05) is 6.92 Å². The molecule has 9 heteroatoms. The number of halogens is 1. The maximum atomic E-state index is 12.7. The van der Waals surface area contributed by atoms with Gasteiger partial charge in [-0.25, -0.2) is 8.42 Å². The Balaban J connectivity index is 0.00000392. The number of nitrogens with one attached hydrogen (secondary N) is 3. The number of anilines is 1. The molecule has 0 bridgehead atoms. The quantitative estimate of drug-likeness (QED) is 0.601. The third kappa shape index (κ3) is 6.12. The Kier molecular flexibility index (Phi) is 8.74. The van der Waals surface area contributed by atoms with Crippen LogP contribution in [-0.2, 0) is 10.0 Å². The summed E-state index contributed by atoms with van der Waals surface area (Å²) < 4.78 is 32.9. The van der Waals surface area contributed by atoms with Gasteiger partial charge in [-0.3, -0.25) is 9.52 Å². The first-order chi connectivity index (χ1) is 12.8. The molecule has 0 aliphatic heterocycles. The molecule has 0 fully saturated rings. The molecule has 0 radical (unpaired) electrons. The number of carbonyl (C=O) groups is 1. The normalized spacial score (nSPS) is 11.9. The number of likely N-dealkylation sites (N-methyl/N-ethyl adjacent to an activating group) is 1. The summed E-state index contributed by atoms with van der Waals surface area (Å²) in [5, 5.41) is 5.83. The Bertz CT molecular complexity index is 902. The van der Waals surface area contributed by atoms with Crippen LogP contribution in [0, 0.1) is 6.92 Å². The highest BCUT2D eigenvalue weighted by molar-refractivity contribution is 7.92. The van der Waals surface area contributed by atoms with Crippen molar-refractivity contribution in [2.75, 3.05) is 25.4 Å². The van der Waals surface area contributed by atoms with Crippen molar-refractivity contribution in [3.8, 4) is 5.75 Å². The third-order valence-electron chi connectivity index (χ3n) is 4.17. The monoisotopic (exact) mass is 427 g/mol. The molecule has 154 valence electrons. The average Bonchev–Trinajstić information content (AvgIpc) is 2.66. The first-order valence-electron chi connectivity index (χ1n) is 8.50. The molecule has 7 nitrogen and oxygen atoms in total. The molecule has 0 spiro atoms. The largest absolute Gasteiger partial charge is 0.497 e. The number of benzene rings is 2. The van der Waals surface area contributed by atoms with Crippen LogP contribution in [0.5, 0.6) is 5.75 Å². The smallest absolute Gasteiger partial charge is 0.261 e. The summed E-state index contributed by atoms with van der Waals surface area (Å²) >= 11 is 0. The van der Waals surface area contributed by atoms with Crippen molar-refractivity contribution in [2.45, 2.75) is 24.8 Å². The van der Waals surface area contributed by atoms with Gasteiger partial charge in [0.15, 0.2) is 0 Å². The van der Waals surface area contributed by atoms with E-state index in [9.17, 15) is 13.2 Å². The van der Waals surface area contributed by atoms with Crippen molar-refractivity contribution in [3.63, 3.8) is 0 Å². The van der Waals surface area contributed by atoms with Crippen LogP contribution >= 0.6 is 12.4 Å². The topological polar surface area (TPSA) is 96.5 Å². The standard InChI is InChI=1S/C19H25N3O4S.ClH/c1-13-5-10-17(11-18(13)19(23)21-12-14(2)20-3)27(24,25)22-15-6-8-16(26-4)9-7-15;/h5-11,14,20,22H,12H2,1-4H3,(H,21,23);1H. The maximum absolute atomic E-state index is 12.7. The van der Waals surface area contributed by atoms with E-state index in [4.69, 9.17) is 4.74 Å². The summed E-state index contributed by atoms with van der Waals surface area (Å²) in [5.41, 5.74) is 1.44. The predicted molar refractivity (Wildman–Crippen MR) is 113 cm³/mol. The molecule has 0 aromatic heterocycles. The van der Waals surface area contributed by atoms with Gasteiger partial charge in [-0.15, -0.1) is 12.4 Å². The fourth-order valence-corrected chi connectivity index (χ4v) is 3.41. The summed E-state index contributed by atoms with van der Waals surface area (Å²) in [5.74, 6) is 0.319. The SMILES string of the molecule is CNC(C)CNC(=O)c1cc(S(=O)(=O)Nc2ccc(OC)cc2)ccc1C.Cl. The molecule has 2 aromatic carbocycles. The second-order valence-corrected chi connectivity index (χ2v) is 7.89. The molecule has 2 rings (SSSR count). The van der Waals surface area contributed by atoms with E-state index in [1.54, 1.807) is 44.3 Å². The Labute approximate surface area is 172 Å². The lowest BCUT2D eigenvalue weighted by atomic mass is 10.1. The highest BCUT2D eigenvalue weighted by atomic mass is 35.5. The van der Waals surface area contributed by atoms with E-state index in [0.29, 0.717) is 29.1 Å². The molecule has 1 amide bonds. The average molecular weight is 428 g/mol. The molecular weight excluding hydrogens is 402 g/mol. The van der Waals surface area contributed by atoms with Gasteiger partial charge >= 0.3 is 0 Å². The van der Waals surface area contributed by atoms with Crippen LogP contribution in [0.25, 0.3) is 0 Å². The Morgan fingerprint density at radius 2 is 1.79 bits per heavy atom. The Morgan fingerprint density at radius 1 is 1.14 bits per heavy atom. The molecule has 2 aromatic rings. The highest BCUT2D eigenvalue weighted by Crippen LogP contribution is 2.21. The first-order valence-corrected chi connectivity index (χ1v) is 9.98. The van der Waals surface area contributed by atoms with E-state index in [1.165, 1.54) is 19.2 Å². The van der Waals surface area contributed by atoms with Crippen molar-refractivity contribution in [3.05, 3.63) is 53.6 Å². The number of amides is 1. The highest BCUT2D eigenvalue weighted by Gasteiger charge is 2.18. The number of hydrogen-bond acceptors (Lipinski definition) is 5. The van der Waals surface area contributed by atoms with E-state index in [-0.39, 0.29) is 29.3 Å². The van der Waals surface area contributed by atoms with Gasteiger partial charge in [0.2, 0.25) is 0 Å². The summed E-state index contributed by atoms with van der Waals surface area (Å²) in [7, 11) is -0.482. The van der Waals surface area contributed by atoms with Crippen molar-refractivity contribution < 1.29 is 17.9 Å². The summed E-state index contributed by atoms with van der Waals surface area (Å²) in [6.07, 6.45) is 0. The van der Waals surface area contributed by atoms with Crippen molar-refractivity contribution in [2.24, 2.45) is 0 Å². The van der Waals surface area contributed by atoms with Crippen molar-refractivity contribution in [1.82, 2.24) is 10.6 Å². The van der Waals surface area contributed by atoms with Gasteiger partial charge in [0, 0.05) is 23.8 Å². The Morgan fingerprint density at radius 3 is 2.36 bits per heavy atom. The zero-order valence-corrected chi connectivity index (χ0v) is 17.9. The van der Waals surface area contributed by atoms with E-state index in [0.717, 1.165) is 0 Å². The molecule has 3 N–H and O–H groups in total. The summed E-state index contributed by atoms with van der Waals surface area (Å²) in [6.45, 7) is 4.15. The van der Waals surface area contributed by atoms with Crippen LogP contribution in [0.3, 0.4) is 0 Å². The summed E-state index contributed by atoms with van der Waals surface area (Å²) in [4.78, 5) is 12.4. The van der Waals surface area contributed by atoms with Crippen LogP contribution in [-0.4, -0.2) is 41.1 Å². The van der Waals surface area contributed by atoms with Crippen LogP contribution in [0.1, 0.15) is 22.8 Å². The van der Waals surface area contributed by atoms with Gasteiger partial charge in [0.1, 0.15) is 5.75 Å². The zero-order chi connectivity index (χ0) is 20.0. The van der Waals surface area contributed by atoms with Gasteiger partial charge in [-0.1, -0.05) is 6.07 Å². The molecule has 0 saturated carbocycles. The van der Waals surface area contributed by atoms with Crippen LogP contribution in [0.4, 0.5) is 5.69 Å². The molecule has 0 saturated heterocycles. The lowest BCUT2D eigenvalue weighted by Gasteiger charge is -2.14. The number of aryl methyl sites for hydroxylation is 1. The third-order valence-corrected chi connectivity index (χ3v) is 5.55. The number of ether oxygens (including phenoxy) is 1. The summed E-state index contributed by atoms with van der Waals surface area (Å²) in [6, 6.07) is 11.1. The number of hydrogen-bond donors (Lipinski definition) is 3. The molecule has 0 aliphatic carbocycles. The second kappa shape index (κ2) is 10.3. The van der Waals surface area contributed by atoms with Crippen molar-refractivity contribution >= 4 is 34.0 Å². The van der Waals surface area contributed by atoms with Gasteiger partial charge in [-0.2, -0.15) is 0 Å². The number of rotatable bonds is 8. The fraction of sp³-hybridized carbons (Fsp3) is 0.316. The predicted octanol–water partition coefficient (Wildman–Crippen LogP) is 2.56. The number of carbonyl (C=O) groups excluding carboxylic acids is 1. The lowest BCUT2D eigenvalue weighted by molar-refractivity contribution is 0.0949. The number of sulfonamides is 1. The van der Waals surface area contributed by atoms with Crippen LogP contribution < -0.4 is 20.1 Å². The Hall–Kier alpha value is -2.29. The minimum absolute atomic E-state index is 0. The van der Waals surface area contributed by atoms with Crippen LogP contribution in [0.15, 0.2) is 47.4 Å². The molecule has 0 heterocycles. The van der Waals surface area contributed by atoms with E-state index in [2.05, 4.69) is 15.4 Å². The van der Waals surface area contributed by atoms with Gasteiger partial charge in [0.25, 0.3) is 15.9 Å². The molecule has 28 heavy (non-hydrogen) atoms. The van der Waals surface area contributed by atoms with E-state index >= 15 is 0 Å². The molecule has 0 aliphatic rings. The molecule has 1 unspecified atom stereocenters. The minimum atomic E-state index is -3.82. The first kappa shape index (κ1) is 23.7. The van der Waals surface area contributed by atoms with Gasteiger partial charge in [0.05, 0.1) is 12.0 Å². The lowest BCUT2D eigenvalue weighted by Crippen LogP contribution is -2.37. The minimum Gasteiger partial charge on any atom is -0.497 e. The van der Waals surface area contributed by atoms with Gasteiger partial charge < -0.3 is 15.4 Å². The van der Waals surface area contributed by atoms with Crippen molar-refractivity contribution in [1.29, 1.82) is 0 Å². The number of methoxy groups -OCH3 is 1. The second-order valence-electron chi connectivity index (χ2n) is 6.21. The molecular formula is C19H26ClN3O4S. The molecule has 1 atom stereocenters. The van der Waals surface area contributed by atoms with Crippen LogP contribution in [0.2, 0.25) is 0 Å². The maximum Gasteiger partial charge on any atom is 0.261 e.